The standard InChI is InChI=1S/C18H21NO2S/c1-14-10-15(2)12-17(11-14)21-8-9-22-13-18(20)19-16-6-4-3-5-7-16/h3-7,10-12H,8-9,13H2,1-2H3,(H,19,20). The van der Waals surface area contributed by atoms with Crippen molar-refractivity contribution >= 4 is 23.4 Å². The first-order chi connectivity index (χ1) is 10.6. The summed E-state index contributed by atoms with van der Waals surface area (Å²) in [7, 11) is 0. The Labute approximate surface area is 136 Å². The van der Waals surface area contributed by atoms with Crippen LogP contribution in [0.5, 0.6) is 5.75 Å². The molecule has 2 aromatic rings. The van der Waals surface area contributed by atoms with Gasteiger partial charge in [-0.2, -0.15) is 0 Å². The highest BCUT2D eigenvalue weighted by atomic mass is 32.2. The van der Waals surface area contributed by atoms with Crippen LogP contribution in [0.1, 0.15) is 11.1 Å². The van der Waals surface area contributed by atoms with Crippen molar-refractivity contribution in [1.82, 2.24) is 0 Å². The molecular weight excluding hydrogens is 294 g/mol. The molecule has 0 radical (unpaired) electrons. The molecule has 0 spiro atoms. The first-order valence-corrected chi connectivity index (χ1v) is 8.43. The Balaban J connectivity index is 1.64. The van der Waals surface area contributed by atoms with E-state index in [0.29, 0.717) is 12.4 Å². The Hall–Kier alpha value is -1.94. The fraction of sp³-hybridized carbons (Fsp3) is 0.278. The molecule has 4 heteroatoms. The Kier molecular flexibility index (Phi) is 6.34. The number of hydrogen-bond donors (Lipinski definition) is 1. The van der Waals surface area contributed by atoms with Gasteiger partial charge >= 0.3 is 0 Å². The molecule has 0 atom stereocenters. The van der Waals surface area contributed by atoms with Crippen LogP contribution in [0.4, 0.5) is 5.69 Å². The van der Waals surface area contributed by atoms with E-state index < -0.39 is 0 Å². The molecule has 0 unspecified atom stereocenters. The van der Waals surface area contributed by atoms with Crippen LogP contribution in [-0.4, -0.2) is 24.0 Å². The lowest BCUT2D eigenvalue weighted by molar-refractivity contribution is -0.113. The van der Waals surface area contributed by atoms with Crippen LogP contribution in [0.25, 0.3) is 0 Å². The lowest BCUT2D eigenvalue weighted by Crippen LogP contribution is -2.15. The van der Waals surface area contributed by atoms with Gasteiger partial charge in [-0.15, -0.1) is 11.8 Å². The fourth-order valence-electron chi connectivity index (χ4n) is 2.12. The highest BCUT2D eigenvalue weighted by Gasteiger charge is 2.02. The first kappa shape index (κ1) is 16.4. The normalized spacial score (nSPS) is 10.3. The van der Waals surface area contributed by atoms with Gasteiger partial charge in [-0.25, -0.2) is 0 Å². The summed E-state index contributed by atoms with van der Waals surface area (Å²) in [5.74, 6) is 2.13. The molecule has 0 bridgehead atoms. The minimum atomic E-state index is 0.0163. The molecule has 0 heterocycles. The summed E-state index contributed by atoms with van der Waals surface area (Å²) in [6.45, 7) is 4.72. The largest absolute Gasteiger partial charge is 0.493 e. The molecule has 22 heavy (non-hydrogen) atoms. The highest BCUT2D eigenvalue weighted by molar-refractivity contribution is 7.99. The van der Waals surface area contributed by atoms with Gasteiger partial charge in [-0.1, -0.05) is 24.3 Å². The third-order valence-electron chi connectivity index (χ3n) is 2.98. The quantitative estimate of drug-likeness (QED) is 0.783. The van der Waals surface area contributed by atoms with E-state index in [9.17, 15) is 4.79 Å². The summed E-state index contributed by atoms with van der Waals surface area (Å²) in [5.41, 5.74) is 3.23. The number of nitrogens with one attached hydrogen (secondary N) is 1. The lowest BCUT2D eigenvalue weighted by atomic mass is 10.1. The average Bonchev–Trinajstić information content (AvgIpc) is 2.47. The molecule has 0 saturated carbocycles. The zero-order chi connectivity index (χ0) is 15.8. The Morgan fingerprint density at radius 3 is 2.45 bits per heavy atom. The van der Waals surface area contributed by atoms with Crippen LogP contribution >= 0.6 is 11.8 Å². The van der Waals surface area contributed by atoms with E-state index in [1.54, 1.807) is 11.8 Å². The minimum Gasteiger partial charge on any atom is -0.493 e. The Morgan fingerprint density at radius 2 is 1.77 bits per heavy atom. The van der Waals surface area contributed by atoms with Crippen molar-refractivity contribution in [1.29, 1.82) is 0 Å². The predicted molar refractivity (Wildman–Crippen MR) is 93.8 cm³/mol. The minimum absolute atomic E-state index is 0.0163. The van der Waals surface area contributed by atoms with Crippen LogP contribution in [0, 0.1) is 13.8 Å². The number of thioether (sulfide) groups is 1. The second-order valence-electron chi connectivity index (χ2n) is 5.14. The zero-order valence-corrected chi connectivity index (χ0v) is 13.8. The molecule has 2 aromatic carbocycles. The molecule has 0 fully saturated rings. The van der Waals surface area contributed by atoms with Gasteiger partial charge in [0.15, 0.2) is 0 Å². The van der Waals surface area contributed by atoms with Crippen LogP contribution in [0.2, 0.25) is 0 Å². The molecular formula is C18H21NO2S. The van der Waals surface area contributed by atoms with Crippen LogP contribution in [0.15, 0.2) is 48.5 Å². The van der Waals surface area contributed by atoms with Gasteiger partial charge in [0.05, 0.1) is 12.4 Å². The van der Waals surface area contributed by atoms with Gasteiger partial charge < -0.3 is 10.1 Å². The number of ether oxygens (including phenoxy) is 1. The summed E-state index contributed by atoms with van der Waals surface area (Å²) < 4.78 is 5.72. The number of carbonyl (C=O) groups excluding carboxylic acids is 1. The second-order valence-corrected chi connectivity index (χ2v) is 6.24. The van der Waals surface area contributed by atoms with Crippen molar-refractivity contribution in [3.05, 3.63) is 59.7 Å². The molecule has 0 saturated heterocycles. The average molecular weight is 315 g/mol. The van der Waals surface area contributed by atoms with Crippen molar-refractivity contribution < 1.29 is 9.53 Å². The number of para-hydroxylation sites is 1. The van der Waals surface area contributed by atoms with Gasteiger partial charge in [0.25, 0.3) is 0 Å². The number of amides is 1. The van der Waals surface area contributed by atoms with Crippen molar-refractivity contribution in [2.75, 3.05) is 23.4 Å². The second kappa shape index (κ2) is 8.49. The number of benzene rings is 2. The number of aryl methyl sites for hydroxylation is 2. The van der Waals surface area contributed by atoms with E-state index in [1.165, 1.54) is 11.1 Å². The molecule has 0 aliphatic carbocycles. The molecule has 3 nitrogen and oxygen atoms in total. The fourth-order valence-corrected chi connectivity index (χ4v) is 2.72. The lowest BCUT2D eigenvalue weighted by Gasteiger charge is -2.08. The van der Waals surface area contributed by atoms with Crippen molar-refractivity contribution in [3.63, 3.8) is 0 Å². The summed E-state index contributed by atoms with van der Waals surface area (Å²) >= 11 is 1.57. The van der Waals surface area contributed by atoms with Crippen molar-refractivity contribution in [2.45, 2.75) is 13.8 Å². The van der Waals surface area contributed by atoms with Gasteiger partial charge in [0.1, 0.15) is 5.75 Å². The highest BCUT2D eigenvalue weighted by Crippen LogP contribution is 2.16. The first-order valence-electron chi connectivity index (χ1n) is 7.27. The van der Waals surface area contributed by atoms with E-state index in [-0.39, 0.29) is 5.91 Å². The monoisotopic (exact) mass is 315 g/mol. The third kappa shape index (κ3) is 5.82. The van der Waals surface area contributed by atoms with Gasteiger partial charge in [-0.3, -0.25) is 4.79 Å². The molecule has 1 N–H and O–H groups in total. The molecule has 0 aliphatic heterocycles. The smallest absolute Gasteiger partial charge is 0.234 e. The molecule has 1 amide bonds. The summed E-state index contributed by atoms with van der Waals surface area (Å²) in [6, 6.07) is 15.7. The number of anilines is 1. The van der Waals surface area contributed by atoms with Crippen LogP contribution < -0.4 is 10.1 Å². The maximum absolute atomic E-state index is 11.8. The molecule has 116 valence electrons. The SMILES string of the molecule is Cc1cc(C)cc(OCCSCC(=O)Nc2ccccc2)c1. The maximum atomic E-state index is 11.8. The van der Waals surface area contributed by atoms with E-state index in [0.717, 1.165) is 17.2 Å². The van der Waals surface area contributed by atoms with E-state index in [2.05, 4.69) is 25.2 Å². The van der Waals surface area contributed by atoms with Gasteiger partial charge in [0, 0.05) is 11.4 Å². The Bertz CT molecular complexity index is 593. The summed E-state index contributed by atoms with van der Waals surface area (Å²) in [5, 5.41) is 2.86. The van der Waals surface area contributed by atoms with E-state index >= 15 is 0 Å². The van der Waals surface area contributed by atoms with Crippen molar-refractivity contribution in [3.8, 4) is 5.75 Å². The number of rotatable bonds is 7. The molecule has 0 aliphatic rings. The third-order valence-corrected chi connectivity index (χ3v) is 3.90. The molecule has 2 rings (SSSR count). The van der Waals surface area contributed by atoms with Gasteiger partial charge in [0.2, 0.25) is 5.91 Å². The van der Waals surface area contributed by atoms with E-state index in [1.807, 2.05) is 42.5 Å². The summed E-state index contributed by atoms with van der Waals surface area (Å²) in [4.78, 5) is 11.8. The van der Waals surface area contributed by atoms with Crippen LogP contribution in [0.3, 0.4) is 0 Å². The molecule has 0 aromatic heterocycles. The van der Waals surface area contributed by atoms with Gasteiger partial charge in [-0.05, 0) is 49.2 Å². The summed E-state index contributed by atoms with van der Waals surface area (Å²) in [6.07, 6.45) is 0. The van der Waals surface area contributed by atoms with E-state index in [4.69, 9.17) is 4.74 Å². The topological polar surface area (TPSA) is 38.3 Å². The maximum Gasteiger partial charge on any atom is 0.234 e. The zero-order valence-electron chi connectivity index (χ0n) is 13.0. The Morgan fingerprint density at radius 1 is 1.09 bits per heavy atom. The number of hydrogen-bond acceptors (Lipinski definition) is 3. The van der Waals surface area contributed by atoms with Crippen molar-refractivity contribution in [2.24, 2.45) is 0 Å². The van der Waals surface area contributed by atoms with Crippen LogP contribution in [-0.2, 0) is 4.79 Å². The predicted octanol–water partition coefficient (Wildman–Crippen LogP) is 4.05. The number of carbonyl (C=O) groups is 1.